The molecule has 0 spiro atoms. The minimum absolute atomic E-state index is 0.193. The van der Waals surface area contributed by atoms with E-state index in [-0.39, 0.29) is 5.82 Å². The Morgan fingerprint density at radius 1 is 0.952 bits per heavy atom. The zero-order chi connectivity index (χ0) is 14.7. The summed E-state index contributed by atoms with van der Waals surface area (Å²) in [5.74, 6) is 0.799. The van der Waals surface area contributed by atoms with Crippen molar-refractivity contribution in [3.8, 4) is 0 Å². The molecule has 21 heavy (non-hydrogen) atoms. The SMILES string of the molecule is NCc1ccc(N2CCN(c3ccc(F)cc3)CC2)nc1. The number of rotatable bonds is 3. The van der Waals surface area contributed by atoms with Gasteiger partial charge in [0.25, 0.3) is 0 Å². The van der Waals surface area contributed by atoms with Gasteiger partial charge in [-0.05, 0) is 35.9 Å². The lowest BCUT2D eigenvalue weighted by Crippen LogP contribution is -2.46. The third kappa shape index (κ3) is 3.13. The molecule has 110 valence electrons. The molecule has 2 aromatic rings. The van der Waals surface area contributed by atoms with Crippen LogP contribution in [0.5, 0.6) is 0 Å². The quantitative estimate of drug-likeness (QED) is 0.937. The van der Waals surface area contributed by atoms with Gasteiger partial charge in [0.2, 0.25) is 0 Å². The van der Waals surface area contributed by atoms with Crippen molar-refractivity contribution in [1.29, 1.82) is 0 Å². The van der Waals surface area contributed by atoms with Crippen LogP contribution in [0.15, 0.2) is 42.6 Å². The predicted molar refractivity (Wildman–Crippen MR) is 83.0 cm³/mol. The molecule has 1 aliphatic heterocycles. The summed E-state index contributed by atoms with van der Waals surface area (Å²) in [6, 6.07) is 10.7. The van der Waals surface area contributed by atoms with Gasteiger partial charge in [-0.3, -0.25) is 0 Å². The van der Waals surface area contributed by atoms with Crippen LogP contribution in [0.25, 0.3) is 0 Å². The summed E-state index contributed by atoms with van der Waals surface area (Å²) in [6.07, 6.45) is 1.84. The molecular weight excluding hydrogens is 267 g/mol. The predicted octanol–water partition coefficient (Wildman–Crippen LogP) is 2.01. The molecule has 1 aromatic heterocycles. The Balaban J connectivity index is 1.62. The van der Waals surface area contributed by atoms with E-state index in [9.17, 15) is 4.39 Å². The van der Waals surface area contributed by atoms with Crippen molar-refractivity contribution in [2.24, 2.45) is 5.73 Å². The van der Waals surface area contributed by atoms with Gasteiger partial charge in [0, 0.05) is 44.6 Å². The third-order valence-corrected chi connectivity index (χ3v) is 3.84. The summed E-state index contributed by atoms with van der Waals surface area (Å²) in [4.78, 5) is 8.99. The summed E-state index contributed by atoms with van der Waals surface area (Å²) in [7, 11) is 0. The number of hydrogen-bond donors (Lipinski definition) is 1. The second-order valence-electron chi connectivity index (χ2n) is 5.18. The Bertz CT molecular complexity index is 574. The zero-order valence-electron chi connectivity index (χ0n) is 11.9. The van der Waals surface area contributed by atoms with Crippen molar-refractivity contribution in [3.05, 3.63) is 54.0 Å². The average molecular weight is 286 g/mol. The molecule has 0 bridgehead atoms. The molecule has 3 rings (SSSR count). The zero-order valence-corrected chi connectivity index (χ0v) is 11.9. The molecule has 1 fully saturated rings. The van der Waals surface area contributed by atoms with Crippen molar-refractivity contribution in [2.75, 3.05) is 36.0 Å². The van der Waals surface area contributed by atoms with Crippen LogP contribution in [0.4, 0.5) is 15.9 Å². The summed E-state index contributed by atoms with van der Waals surface area (Å²) < 4.78 is 13.0. The Kier molecular flexibility index (Phi) is 4.01. The maximum absolute atomic E-state index is 13.0. The largest absolute Gasteiger partial charge is 0.368 e. The lowest BCUT2D eigenvalue weighted by atomic mass is 10.2. The van der Waals surface area contributed by atoms with Crippen molar-refractivity contribution in [2.45, 2.75) is 6.54 Å². The Labute approximate surface area is 124 Å². The Morgan fingerprint density at radius 3 is 2.19 bits per heavy atom. The minimum Gasteiger partial charge on any atom is -0.368 e. The molecule has 4 nitrogen and oxygen atoms in total. The van der Waals surface area contributed by atoms with Crippen LogP contribution in [-0.4, -0.2) is 31.2 Å². The third-order valence-electron chi connectivity index (χ3n) is 3.84. The lowest BCUT2D eigenvalue weighted by Gasteiger charge is -2.36. The van der Waals surface area contributed by atoms with Gasteiger partial charge < -0.3 is 15.5 Å². The summed E-state index contributed by atoms with van der Waals surface area (Å²) >= 11 is 0. The van der Waals surface area contributed by atoms with E-state index < -0.39 is 0 Å². The molecule has 0 saturated carbocycles. The van der Waals surface area contributed by atoms with Gasteiger partial charge >= 0.3 is 0 Å². The average Bonchev–Trinajstić information content (AvgIpc) is 2.56. The topological polar surface area (TPSA) is 45.4 Å². The van der Waals surface area contributed by atoms with Gasteiger partial charge in [0.1, 0.15) is 11.6 Å². The maximum Gasteiger partial charge on any atom is 0.128 e. The van der Waals surface area contributed by atoms with Gasteiger partial charge in [0.05, 0.1) is 0 Å². The number of piperazine rings is 1. The number of benzene rings is 1. The Hall–Kier alpha value is -2.14. The van der Waals surface area contributed by atoms with E-state index in [1.807, 2.05) is 30.5 Å². The molecule has 1 aliphatic rings. The van der Waals surface area contributed by atoms with Crippen LogP contribution in [0.2, 0.25) is 0 Å². The molecule has 1 saturated heterocycles. The first kappa shape index (κ1) is 13.8. The number of pyridine rings is 1. The molecule has 0 unspecified atom stereocenters. The molecule has 0 amide bonds. The van der Waals surface area contributed by atoms with Gasteiger partial charge in [-0.1, -0.05) is 6.07 Å². The fourth-order valence-corrected chi connectivity index (χ4v) is 2.57. The van der Waals surface area contributed by atoms with Crippen molar-refractivity contribution in [3.63, 3.8) is 0 Å². The molecule has 1 aromatic carbocycles. The molecule has 0 radical (unpaired) electrons. The molecule has 0 aliphatic carbocycles. The molecule has 0 atom stereocenters. The van der Waals surface area contributed by atoms with Gasteiger partial charge in [-0.2, -0.15) is 0 Å². The second kappa shape index (κ2) is 6.10. The highest BCUT2D eigenvalue weighted by Crippen LogP contribution is 2.19. The number of nitrogens with two attached hydrogens (primary N) is 1. The van der Waals surface area contributed by atoms with E-state index in [4.69, 9.17) is 5.73 Å². The van der Waals surface area contributed by atoms with Crippen molar-refractivity contribution >= 4 is 11.5 Å². The number of halogens is 1. The highest BCUT2D eigenvalue weighted by Gasteiger charge is 2.18. The Morgan fingerprint density at radius 2 is 1.62 bits per heavy atom. The first-order valence-corrected chi connectivity index (χ1v) is 7.17. The van der Waals surface area contributed by atoms with Crippen molar-refractivity contribution in [1.82, 2.24) is 4.98 Å². The van der Waals surface area contributed by atoms with E-state index in [1.54, 1.807) is 0 Å². The number of hydrogen-bond acceptors (Lipinski definition) is 4. The van der Waals surface area contributed by atoms with Crippen LogP contribution < -0.4 is 15.5 Å². The van der Waals surface area contributed by atoms with Crippen LogP contribution in [-0.2, 0) is 6.54 Å². The number of aromatic nitrogens is 1. The lowest BCUT2D eigenvalue weighted by molar-refractivity contribution is 0.624. The van der Waals surface area contributed by atoms with E-state index in [1.165, 1.54) is 12.1 Å². The summed E-state index contributed by atoms with van der Waals surface area (Å²) in [5.41, 5.74) is 7.70. The van der Waals surface area contributed by atoms with Gasteiger partial charge in [-0.25, -0.2) is 9.37 Å². The fraction of sp³-hybridized carbons (Fsp3) is 0.312. The van der Waals surface area contributed by atoms with Crippen LogP contribution >= 0.6 is 0 Å². The van der Waals surface area contributed by atoms with Crippen LogP contribution in [0, 0.1) is 5.82 Å². The van der Waals surface area contributed by atoms with Crippen molar-refractivity contribution < 1.29 is 4.39 Å². The molecular formula is C16H19FN4. The minimum atomic E-state index is -0.193. The van der Waals surface area contributed by atoms with Crippen LogP contribution in [0.1, 0.15) is 5.56 Å². The second-order valence-corrected chi connectivity index (χ2v) is 5.18. The fourth-order valence-electron chi connectivity index (χ4n) is 2.57. The first-order valence-electron chi connectivity index (χ1n) is 7.17. The number of nitrogens with zero attached hydrogens (tertiary/aromatic N) is 3. The smallest absolute Gasteiger partial charge is 0.128 e. The van der Waals surface area contributed by atoms with Crippen LogP contribution in [0.3, 0.4) is 0 Å². The highest BCUT2D eigenvalue weighted by molar-refractivity contribution is 5.49. The molecule has 5 heteroatoms. The maximum atomic E-state index is 13.0. The normalized spacial score (nSPS) is 15.3. The van der Waals surface area contributed by atoms with E-state index in [2.05, 4.69) is 14.8 Å². The van der Waals surface area contributed by atoms with Gasteiger partial charge in [0.15, 0.2) is 0 Å². The van der Waals surface area contributed by atoms with E-state index in [0.29, 0.717) is 6.54 Å². The van der Waals surface area contributed by atoms with E-state index in [0.717, 1.165) is 43.2 Å². The summed E-state index contributed by atoms with van der Waals surface area (Å²) in [5, 5.41) is 0. The first-order chi connectivity index (χ1) is 10.3. The van der Waals surface area contributed by atoms with Gasteiger partial charge in [-0.15, -0.1) is 0 Å². The summed E-state index contributed by atoms with van der Waals surface area (Å²) in [6.45, 7) is 4.15. The highest BCUT2D eigenvalue weighted by atomic mass is 19.1. The number of anilines is 2. The monoisotopic (exact) mass is 286 g/mol. The standard InChI is InChI=1S/C16H19FN4/c17-14-2-4-15(5-3-14)20-7-9-21(10-8-20)16-6-1-13(11-18)12-19-16/h1-6,12H,7-11,18H2. The molecule has 2 N–H and O–H groups in total. The van der Waals surface area contributed by atoms with E-state index >= 15 is 0 Å². The molecule has 2 heterocycles.